The second-order valence-electron chi connectivity index (χ2n) is 4.57. The number of rotatable bonds is 3. The maximum atomic E-state index is 11.9. The van der Waals surface area contributed by atoms with E-state index in [0.717, 1.165) is 17.7 Å². The Labute approximate surface area is 125 Å². The monoisotopic (exact) mass is 311 g/mol. The number of anilines is 1. The average Bonchev–Trinajstić information content (AvgIpc) is 2.83. The van der Waals surface area contributed by atoms with Crippen molar-refractivity contribution >= 4 is 46.1 Å². The summed E-state index contributed by atoms with van der Waals surface area (Å²) in [6.07, 6.45) is 0.789. The van der Waals surface area contributed by atoms with E-state index in [-0.39, 0.29) is 11.8 Å². The maximum Gasteiger partial charge on any atom is 0.265 e. The van der Waals surface area contributed by atoms with Crippen molar-refractivity contribution in [2.24, 2.45) is 0 Å². The molecule has 1 saturated carbocycles. The molecule has 3 rings (SSSR count). The first-order chi connectivity index (χ1) is 9.06. The van der Waals surface area contributed by atoms with Crippen LogP contribution in [0.25, 0.3) is 0 Å². The van der Waals surface area contributed by atoms with Crippen LogP contribution in [0.4, 0.5) is 5.69 Å². The lowest BCUT2D eigenvalue weighted by Gasteiger charge is -2.05. The smallest absolute Gasteiger partial charge is 0.265 e. The van der Waals surface area contributed by atoms with Crippen molar-refractivity contribution in [1.29, 1.82) is 0 Å². The van der Waals surface area contributed by atoms with E-state index in [0.29, 0.717) is 4.88 Å². The molecule has 19 heavy (non-hydrogen) atoms. The van der Waals surface area contributed by atoms with Gasteiger partial charge in [0, 0.05) is 11.6 Å². The number of carbonyl (C=O) groups is 1. The number of thiophene rings is 1. The third kappa shape index (κ3) is 2.78. The third-order valence-corrected chi connectivity index (χ3v) is 4.85. The largest absolute Gasteiger partial charge is 0.321 e. The van der Waals surface area contributed by atoms with Crippen LogP contribution in [0.1, 0.15) is 27.6 Å². The quantitative estimate of drug-likeness (QED) is 0.820. The summed E-state index contributed by atoms with van der Waals surface area (Å²) in [7, 11) is 0. The van der Waals surface area contributed by atoms with Crippen molar-refractivity contribution in [2.75, 3.05) is 5.32 Å². The Morgan fingerprint density at radius 1 is 1.26 bits per heavy atom. The molecule has 0 bridgehead atoms. The van der Waals surface area contributed by atoms with Gasteiger partial charge in [0.25, 0.3) is 5.91 Å². The summed E-state index contributed by atoms with van der Waals surface area (Å²) in [6.45, 7) is 0. The number of alkyl halides is 2. The fourth-order valence-corrected chi connectivity index (χ4v) is 3.15. The molecular weight excluding hydrogens is 301 g/mol. The molecule has 1 aliphatic carbocycles. The van der Waals surface area contributed by atoms with Gasteiger partial charge in [-0.05, 0) is 35.6 Å². The molecule has 1 aromatic carbocycles. The van der Waals surface area contributed by atoms with Crippen LogP contribution in [0, 0.1) is 0 Å². The van der Waals surface area contributed by atoms with Gasteiger partial charge in [0.05, 0.1) is 4.88 Å². The number of hydrogen-bond donors (Lipinski definition) is 1. The van der Waals surface area contributed by atoms with Gasteiger partial charge in [0.2, 0.25) is 0 Å². The Balaban J connectivity index is 1.68. The minimum absolute atomic E-state index is 0.0850. The summed E-state index contributed by atoms with van der Waals surface area (Å²) in [6, 6.07) is 11.3. The van der Waals surface area contributed by atoms with Crippen molar-refractivity contribution < 1.29 is 4.79 Å². The minimum Gasteiger partial charge on any atom is -0.321 e. The van der Waals surface area contributed by atoms with Gasteiger partial charge >= 0.3 is 0 Å². The van der Waals surface area contributed by atoms with Gasteiger partial charge in [0.1, 0.15) is 4.33 Å². The van der Waals surface area contributed by atoms with Crippen LogP contribution in [0.5, 0.6) is 0 Å². The summed E-state index contributed by atoms with van der Waals surface area (Å²) in [5.41, 5.74) is 1.89. The molecule has 1 N–H and O–H groups in total. The lowest BCUT2D eigenvalue weighted by atomic mass is 10.1. The Bertz CT molecular complexity index is 592. The molecular formula is C14H11Cl2NOS. The van der Waals surface area contributed by atoms with Crippen LogP contribution in [0.15, 0.2) is 41.8 Å². The third-order valence-electron chi connectivity index (χ3n) is 3.14. The SMILES string of the molecule is O=C(Nc1ccc([C@H]2CC2(Cl)Cl)cc1)c1cccs1. The van der Waals surface area contributed by atoms with Crippen LogP contribution in [0.3, 0.4) is 0 Å². The first-order valence-corrected chi connectivity index (χ1v) is 7.52. The lowest BCUT2D eigenvalue weighted by Crippen LogP contribution is -2.09. The first-order valence-electron chi connectivity index (χ1n) is 5.89. The molecule has 0 aliphatic heterocycles. The molecule has 1 fully saturated rings. The summed E-state index contributed by atoms with van der Waals surface area (Å²) < 4.78 is -0.609. The zero-order chi connectivity index (χ0) is 13.5. The number of benzene rings is 1. The summed E-state index contributed by atoms with van der Waals surface area (Å²) in [4.78, 5) is 12.6. The maximum absolute atomic E-state index is 11.9. The molecule has 98 valence electrons. The number of carbonyl (C=O) groups excluding carboxylic acids is 1. The van der Waals surface area contributed by atoms with Crippen molar-refractivity contribution in [2.45, 2.75) is 16.7 Å². The summed E-state index contributed by atoms with van der Waals surface area (Å²) in [5.74, 6) is 0.121. The van der Waals surface area contributed by atoms with Crippen LogP contribution < -0.4 is 5.32 Å². The van der Waals surface area contributed by atoms with Crippen LogP contribution in [-0.4, -0.2) is 10.2 Å². The predicted molar refractivity (Wildman–Crippen MR) is 80.5 cm³/mol. The van der Waals surface area contributed by atoms with E-state index in [1.165, 1.54) is 11.3 Å². The van der Waals surface area contributed by atoms with Gasteiger partial charge in [-0.25, -0.2) is 0 Å². The average molecular weight is 312 g/mol. The van der Waals surface area contributed by atoms with E-state index in [4.69, 9.17) is 23.2 Å². The predicted octanol–water partition coefficient (Wildman–Crippen LogP) is 4.66. The first kappa shape index (κ1) is 13.0. The highest BCUT2D eigenvalue weighted by atomic mass is 35.5. The normalized spacial score (nSPS) is 20.0. The van der Waals surface area contributed by atoms with E-state index < -0.39 is 4.33 Å². The van der Waals surface area contributed by atoms with Gasteiger partial charge in [-0.2, -0.15) is 0 Å². The van der Waals surface area contributed by atoms with Gasteiger partial charge in [-0.1, -0.05) is 18.2 Å². The molecule has 1 atom stereocenters. The van der Waals surface area contributed by atoms with Crippen molar-refractivity contribution in [3.8, 4) is 0 Å². The number of halogens is 2. The molecule has 0 saturated heterocycles. The topological polar surface area (TPSA) is 29.1 Å². The molecule has 2 aromatic rings. The van der Waals surface area contributed by atoms with E-state index in [9.17, 15) is 4.79 Å². The Kier molecular flexibility index (Phi) is 3.29. The molecule has 1 heterocycles. The molecule has 5 heteroatoms. The lowest BCUT2D eigenvalue weighted by molar-refractivity contribution is 0.103. The highest BCUT2D eigenvalue weighted by Crippen LogP contribution is 2.59. The van der Waals surface area contributed by atoms with Crippen molar-refractivity contribution in [3.05, 3.63) is 52.2 Å². The van der Waals surface area contributed by atoms with Gasteiger partial charge < -0.3 is 5.32 Å². The molecule has 0 radical (unpaired) electrons. The molecule has 2 nitrogen and oxygen atoms in total. The molecule has 0 spiro atoms. The highest BCUT2D eigenvalue weighted by molar-refractivity contribution is 7.12. The van der Waals surface area contributed by atoms with E-state index in [1.54, 1.807) is 6.07 Å². The van der Waals surface area contributed by atoms with E-state index >= 15 is 0 Å². The van der Waals surface area contributed by atoms with Crippen LogP contribution >= 0.6 is 34.5 Å². The number of hydrogen-bond acceptors (Lipinski definition) is 2. The van der Waals surface area contributed by atoms with Crippen molar-refractivity contribution in [1.82, 2.24) is 0 Å². The molecule has 1 aliphatic rings. The fourth-order valence-electron chi connectivity index (χ4n) is 1.97. The molecule has 1 amide bonds. The van der Waals surface area contributed by atoms with Gasteiger partial charge in [-0.15, -0.1) is 34.5 Å². The van der Waals surface area contributed by atoms with Gasteiger partial charge in [0.15, 0.2) is 0 Å². The standard InChI is InChI=1S/C14H11Cl2NOS/c15-14(16)8-11(14)9-3-5-10(6-4-9)17-13(18)12-2-1-7-19-12/h1-7,11H,8H2,(H,17,18)/t11-/m1/s1. The fraction of sp³-hybridized carbons (Fsp3) is 0.214. The van der Waals surface area contributed by atoms with Crippen LogP contribution in [0.2, 0.25) is 0 Å². The van der Waals surface area contributed by atoms with E-state index in [1.807, 2.05) is 35.7 Å². The Hall–Kier alpha value is -1.03. The Morgan fingerprint density at radius 2 is 1.95 bits per heavy atom. The van der Waals surface area contributed by atoms with E-state index in [2.05, 4.69) is 5.32 Å². The zero-order valence-electron chi connectivity index (χ0n) is 9.90. The highest BCUT2D eigenvalue weighted by Gasteiger charge is 2.52. The van der Waals surface area contributed by atoms with Crippen LogP contribution in [-0.2, 0) is 0 Å². The second kappa shape index (κ2) is 4.82. The molecule has 1 aromatic heterocycles. The zero-order valence-corrected chi connectivity index (χ0v) is 12.2. The van der Waals surface area contributed by atoms with Gasteiger partial charge in [-0.3, -0.25) is 4.79 Å². The number of nitrogens with one attached hydrogen (secondary N) is 1. The Morgan fingerprint density at radius 3 is 2.47 bits per heavy atom. The molecule has 0 unspecified atom stereocenters. The summed E-state index contributed by atoms with van der Waals surface area (Å²) >= 11 is 13.5. The minimum atomic E-state index is -0.609. The summed E-state index contributed by atoms with van der Waals surface area (Å²) in [5, 5.41) is 4.74. The van der Waals surface area contributed by atoms with Crippen molar-refractivity contribution in [3.63, 3.8) is 0 Å². The number of amides is 1. The second-order valence-corrected chi connectivity index (χ2v) is 7.06.